The third kappa shape index (κ3) is 8.85. The molecule has 3 heteroatoms. The first-order valence-electron chi connectivity index (χ1n) is 9.41. The van der Waals surface area contributed by atoms with Gasteiger partial charge in [-0.25, -0.2) is 0 Å². The minimum Gasteiger partial charge on any atom is -0.490 e. The van der Waals surface area contributed by atoms with Crippen LogP contribution in [-0.4, -0.2) is 19.8 Å². The SMILES string of the molecule is CCCCCCCCCOc1ccc(CNCC)cc1OCC. The largest absolute Gasteiger partial charge is 0.490 e. The molecular formula is C20H35NO2. The summed E-state index contributed by atoms with van der Waals surface area (Å²) < 4.78 is 11.7. The van der Waals surface area contributed by atoms with Crippen molar-refractivity contribution in [1.29, 1.82) is 0 Å². The van der Waals surface area contributed by atoms with Crippen LogP contribution in [0.5, 0.6) is 11.5 Å². The van der Waals surface area contributed by atoms with Gasteiger partial charge in [0.1, 0.15) is 0 Å². The van der Waals surface area contributed by atoms with Gasteiger partial charge in [0.2, 0.25) is 0 Å². The Morgan fingerprint density at radius 1 is 0.826 bits per heavy atom. The van der Waals surface area contributed by atoms with Crippen molar-refractivity contribution in [3.05, 3.63) is 23.8 Å². The van der Waals surface area contributed by atoms with Crippen LogP contribution < -0.4 is 14.8 Å². The molecule has 0 fully saturated rings. The van der Waals surface area contributed by atoms with Crippen molar-refractivity contribution in [3.63, 3.8) is 0 Å². The first-order chi connectivity index (χ1) is 11.3. The standard InChI is InChI=1S/C20H35NO2/c1-4-7-8-9-10-11-12-15-23-19-14-13-18(17-21-5-2)16-20(19)22-6-3/h13-14,16,21H,4-12,15,17H2,1-3H3. The fourth-order valence-corrected chi connectivity index (χ4v) is 2.56. The summed E-state index contributed by atoms with van der Waals surface area (Å²) in [5, 5.41) is 3.34. The normalized spacial score (nSPS) is 10.7. The van der Waals surface area contributed by atoms with Crippen LogP contribution in [0.3, 0.4) is 0 Å². The van der Waals surface area contributed by atoms with Gasteiger partial charge in [0.05, 0.1) is 13.2 Å². The van der Waals surface area contributed by atoms with Gasteiger partial charge in [0, 0.05) is 6.54 Å². The Hall–Kier alpha value is -1.22. The van der Waals surface area contributed by atoms with Crippen molar-refractivity contribution in [3.8, 4) is 11.5 Å². The summed E-state index contributed by atoms with van der Waals surface area (Å²) >= 11 is 0. The Bertz CT molecular complexity index is 407. The number of hydrogen-bond donors (Lipinski definition) is 1. The zero-order valence-electron chi connectivity index (χ0n) is 15.3. The maximum absolute atomic E-state index is 5.93. The van der Waals surface area contributed by atoms with Crippen molar-refractivity contribution < 1.29 is 9.47 Å². The molecule has 0 radical (unpaired) electrons. The van der Waals surface area contributed by atoms with Gasteiger partial charge in [-0.05, 0) is 37.6 Å². The van der Waals surface area contributed by atoms with E-state index in [9.17, 15) is 0 Å². The van der Waals surface area contributed by atoms with Crippen LogP contribution in [0.15, 0.2) is 18.2 Å². The molecule has 0 aliphatic heterocycles. The van der Waals surface area contributed by atoms with Gasteiger partial charge < -0.3 is 14.8 Å². The molecule has 0 atom stereocenters. The van der Waals surface area contributed by atoms with Gasteiger partial charge in [-0.3, -0.25) is 0 Å². The highest BCUT2D eigenvalue weighted by Gasteiger charge is 2.06. The van der Waals surface area contributed by atoms with Crippen molar-refractivity contribution in [2.24, 2.45) is 0 Å². The van der Waals surface area contributed by atoms with E-state index in [0.29, 0.717) is 6.61 Å². The lowest BCUT2D eigenvalue weighted by atomic mass is 10.1. The van der Waals surface area contributed by atoms with Gasteiger partial charge in [-0.2, -0.15) is 0 Å². The molecule has 1 aromatic carbocycles. The minimum atomic E-state index is 0.665. The minimum absolute atomic E-state index is 0.665. The highest BCUT2D eigenvalue weighted by atomic mass is 16.5. The number of nitrogens with one attached hydrogen (secondary N) is 1. The molecule has 1 aromatic rings. The van der Waals surface area contributed by atoms with Gasteiger partial charge in [-0.15, -0.1) is 0 Å². The van der Waals surface area contributed by atoms with Gasteiger partial charge in [-0.1, -0.05) is 58.4 Å². The van der Waals surface area contributed by atoms with E-state index in [-0.39, 0.29) is 0 Å². The average molecular weight is 322 g/mol. The Kier molecular flexibility index (Phi) is 11.4. The lowest BCUT2D eigenvalue weighted by Gasteiger charge is -2.13. The van der Waals surface area contributed by atoms with Crippen LogP contribution in [0.2, 0.25) is 0 Å². The van der Waals surface area contributed by atoms with Crippen molar-refractivity contribution in [2.75, 3.05) is 19.8 Å². The van der Waals surface area contributed by atoms with Crippen molar-refractivity contribution in [2.45, 2.75) is 72.3 Å². The summed E-state index contributed by atoms with van der Waals surface area (Å²) in [5.74, 6) is 1.74. The second-order valence-corrected chi connectivity index (χ2v) is 5.96. The zero-order chi connectivity index (χ0) is 16.8. The topological polar surface area (TPSA) is 30.5 Å². The highest BCUT2D eigenvalue weighted by molar-refractivity contribution is 5.43. The molecule has 0 heterocycles. The quantitative estimate of drug-likeness (QED) is 0.470. The molecule has 0 aliphatic rings. The molecule has 0 aliphatic carbocycles. The third-order valence-electron chi connectivity index (χ3n) is 3.89. The molecule has 1 rings (SSSR count). The molecule has 1 N–H and O–H groups in total. The maximum Gasteiger partial charge on any atom is 0.161 e. The molecule has 23 heavy (non-hydrogen) atoms. The second kappa shape index (κ2) is 13.2. The van der Waals surface area contributed by atoms with E-state index < -0.39 is 0 Å². The molecule has 0 saturated carbocycles. The lowest BCUT2D eigenvalue weighted by Crippen LogP contribution is -2.12. The average Bonchev–Trinajstić information content (AvgIpc) is 2.57. The van der Waals surface area contributed by atoms with Crippen LogP contribution in [0.25, 0.3) is 0 Å². The number of benzene rings is 1. The van der Waals surface area contributed by atoms with E-state index in [2.05, 4.69) is 31.3 Å². The smallest absolute Gasteiger partial charge is 0.161 e. The number of hydrogen-bond acceptors (Lipinski definition) is 3. The number of unbranched alkanes of at least 4 members (excludes halogenated alkanes) is 6. The van der Waals surface area contributed by atoms with E-state index >= 15 is 0 Å². The van der Waals surface area contributed by atoms with E-state index in [0.717, 1.165) is 37.6 Å². The van der Waals surface area contributed by atoms with E-state index in [4.69, 9.17) is 9.47 Å². The first kappa shape index (κ1) is 19.8. The van der Waals surface area contributed by atoms with Crippen LogP contribution in [0.1, 0.15) is 71.3 Å². The predicted octanol–water partition coefficient (Wildman–Crippen LogP) is 5.32. The van der Waals surface area contributed by atoms with Crippen LogP contribution in [0, 0.1) is 0 Å². The summed E-state index contributed by atoms with van der Waals surface area (Å²) in [6, 6.07) is 6.25. The van der Waals surface area contributed by atoms with Crippen LogP contribution >= 0.6 is 0 Å². The molecule has 0 saturated heterocycles. The first-order valence-corrected chi connectivity index (χ1v) is 9.41. The fourth-order valence-electron chi connectivity index (χ4n) is 2.56. The summed E-state index contributed by atoms with van der Waals surface area (Å²) in [6.45, 7) is 9.67. The van der Waals surface area contributed by atoms with Gasteiger partial charge in [0.15, 0.2) is 11.5 Å². The summed E-state index contributed by atoms with van der Waals surface area (Å²) in [6.07, 6.45) is 9.11. The van der Waals surface area contributed by atoms with E-state index in [1.165, 1.54) is 44.1 Å². The van der Waals surface area contributed by atoms with E-state index in [1.54, 1.807) is 0 Å². The summed E-state index contributed by atoms with van der Waals surface area (Å²) in [7, 11) is 0. The summed E-state index contributed by atoms with van der Waals surface area (Å²) in [4.78, 5) is 0. The number of ether oxygens (including phenoxy) is 2. The molecule has 0 unspecified atom stereocenters. The lowest BCUT2D eigenvalue weighted by molar-refractivity contribution is 0.270. The number of rotatable bonds is 14. The molecule has 132 valence electrons. The molecule has 0 aromatic heterocycles. The zero-order valence-corrected chi connectivity index (χ0v) is 15.3. The molecular weight excluding hydrogens is 286 g/mol. The Morgan fingerprint density at radius 2 is 1.57 bits per heavy atom. The van der Waals surface area contributed by atoms with Crippen LogP contribution in [-0.2, 0) is 6.54 Å². The highest BCUT2D eigenvalue weighted by Crippen LogP contribution is 2.28. The molecule has 0 bridgehead atoms. The second-order valence-electron chi connectivity index (χ2n) is 5.96. The fraction of sp³-hybridized carbons (Fsp3) is 0.700. The Morgan fingerprint density at radius 3 is 2.26 bits per heavy atom. The molecule has 0 amide bonds. The maximum atomic E-state index is 5.93. The Labute approximate surface area is 142 Å². The summed E-state index contributed by atoms with van der Waals surface area (Å²) in [5.41, 5.74) is 1.23. The van der Waals surface area contributed by atoms with Crippen LogP contribution in [0.4, 0.5) is 0 Å². The predicted molar refractivity (Wildman–Crippen MR) is 98.5 cm³/mol. The van der Waals surface area contributed by atoms with Crippen molar-refractivity contribution >= 4 is 0 Å². The Balaban J connectivity index is 2.33. The van der Waals surface area contributed by atoms with Crippen molar-refractivity contribution in [1.82, 2.24) is 5.32 Å². The third-order valence-corrected chi connectivity index (χ3v) is 3.89. The monoisotopic (exact) mass is 321 g/mol. The molecule has 3 nitrogen and oxygen atoms in total. The van der Waals surface area contributed by atoms with Gasteiger partial charge >= 0.3 is 0 Å². The van der Waals surface area contributed by atoms with E-state index in [1.807, 2.05) is 13.0 Å². The van der Waals surface area contributed by atoms with Gasteiger partial charge in [0.25, 0.3) is 0 Å². The molecule has 0 spiro atoms.